The third-order valence-corrected chi connectivity index (χ3v) is 0.946. The summed E-state index contributed by atoms with van der Waals surface area (Å²) in [5.41, 5.74) is 0.993. The van der Waals surface area contributed by atoms with E-state index < -0.39 is 0 Å². The van der Waals surface area contributed by atoms with Crippen LogP contribution >= 0.6 is 0 Å². The molecule has 1 aromatic heterocycles. The molecule has 0 aliphatic carbocycles. The summed E-state index contributed by atoms with van der Waals surface area (Å²) < 4.78 is 1.62. The van der Waals surface area contributed by atoms with Crippen LogP contribution in [-0.2, 0) is 21.1 Å². The van der Waals surface area contributed by atoms with Gasteiger partial charge in [0.05, 0.1) is 0 Å². The van der Waals surface area contributed by atoms with E-state index in [2.05, 4.69) is 11.3 Å². The number of hydrogen-bond donors (Lipinski definition) is 0. The van der Waals surface area contributed by atoms with Gasteiger partial charge in [0.25, 0.3) is 0 Å². The van der Waals surface area contributed by atoms with Gasteiger partial charge in [-0.1, -0.05) is 18.8 Å². The molecule has 46 valence electrons. The van der Waals surface area contributed by atoms with Gasteiger partial charge < -0.3 is 16.1 Å². The molecule has 9 heavy (non-hydrogen) atoms. The summed E-state index contributed by atoms with van der Waals surface area (Å²) in [6, 6.07) is 0. The Morgan fingerprint density at radius 2 is 2.56 bits per heavy atom. The molecule has 0 aromatic carbocycles. The first-order valence-corrected chi connectivity index (χ1v) is 2.31. The first-order chi connectivity index (χ1) is 3.84. The van der Waals surface area contributed by atoms with Crippen LogP contribution in [0.15, 0.2) is 6.20 Å². The van der Waals surface area contributed by atoms with Crippen molar-refractivity contribution in [2.75, 3.05) is 0 Å². The average molecular weight is 290 g/mol. The van der Waals surface area contributed by atoms with Crippen molar-refractivity contribution in [3.8, 4) is 0 Å². The number of aromatic nitrogens is 2. The van der Waals surface area contributed by atoms with Crippen LogP contribution in [-0.4, -0.2) is 9.55 Å². The van der Waals surface area contributed by atoms with Crippen LogP contribution in [0.4, 0.5) is 0 Å². The van der Waals surface area contributed by atoms with Crippen molar-refractivity contribution in [3.63, 3.8) is 0 Å². The summed E-state index contributed by atoms with van der Waals surface area (Å²) in [7, 11) is 0. The monoisotopic (exact) mass is 290 g/mol. The minimum atomic E-state index is 0. The first-order valence-electron chi connectivity index (χ1n) is 2.31. The molecule has 0 unspecified atom stereocenters. The van der Waals surface area contributed by atoms with Crippen molar-refractivity contribution in [2.45, 2.75) is 6.92 Å². The summed E-state index contributed by atoms with van der Waals surface area (Å²) in [5.74, 6) is 0. The molecule has 0 amide bonds. The molecule has 0 fully saturated rings. The Morgan fingerprint density at radius 1 is 1.89 bits per heavy atom. The molecule has 0 radical (unpaired) electrons. The number of imidazole rings is 1. The fourth-order valence-electron chi connectivity index (χ4n) is 0.476. The van der Waals surface area contributed by atoms with E-state index in [1.807, 2.05) is 6.92 Å². The van der Waals surface area contributed by atoms with Crippen molar-refractivity contribution < 1.29 is 21.1 Å². The second-order valence-corrected chi connectivity index (χ2v) is 1.52. The van der Waals surface area contributed by atoms with Crippen LogP contribution in [0.3, 0.4) is 0 Å². The smallest absolute Gasteiger partial charge is 0.551 e. The zero-order valence-corrected chi connectivity index (χ0v) is 7.97. The molecule has 3 heteroatoms. The van der Waals surface area contributed by atoms with E-state index >= 15 is 0 Å². The third kappa shape index (κ3) is 1.79. The van der Waals surface area contributed by atoms with E-state index in [0.29, 0.717) is 0 Å². The molecule has 1 aromatic rings. The van der Waals surface area contributed by atoms with Crippen LogP contribution in [0, 0.1) is 19.8 Å². The minimum Gasteiger partial charge on any atom is -0.551 e. The Hall–Kier alpha value is -0.362. The summed E-state index contributed by atoms with van der Waals surface area (Å²) in [5, 5.41) is 0. The van der Waals surface area contributed by atoms with Crippen molar-refractivity contribution in [1.29, 1.82) is 0 Å². The van der Waals surface area contributed by atoms with Gasteiger partial charge in [-0.25, -0.2) is 0 Å². The van der Waals surface area contributed by atoms with E-state index in [0.717, 1.165) is 5.69 Å². The molecule has 0 spiro atoms. The molecular weight excluding hydrogens is 284 g/mol. The van der Waals surface area contributed by atoms with Crippen molar-refractivity contribution in [2.24, 2.45) is 0 Å². The van der Waals surface area contributed by atoms with E-state index in [4.69, 9.17) is 6.58 Å². The zero-order chi connectivity index (χ0) is 5.98. The van der Waals surface area contributed by atoms with E-state index in [9.17, 15) is 0 Å². The fourth-order valence-corrected chi connectivity index (χ4v) is 0.476. The average Bonchev–Trinajstić information content (AvgIpc) is 2.14. The molecule has 0 aliphatic heterocycles. The molecule has 0 saturated heterocycles. The van der Waals surface area contributed by atoms with Gasteiger partial charge >= 0.3 is 21.1 Å². The quantitative estimate of drug-likeness (QED) is 0.702. The minimum absolute atomic E-state index is 0. The van der Waals surface area contributed by atoms with Crippen molar-refractivity contribution in [1.82, 2.24) is 9.55 Å². The molecule has 0 atom stereocenters. The second kappa shape index (κ2) is 3.62. The van der Waals surface area contributed by atoms with Gasteiger partial charge in [-0.2, -0.15) is 0 Å². The molecule has 1 heterocycles. The third-order valence-electron chi connectivity index (χ3n) is 0.946. The molecule has 0 bridgehead atoms. The van der Waals surface area contributed by atoms with Gasteiger partial charge in [0.1, 0.15) is 0 Å². The van der Waals surface area contributed by atoms with Crippen LogP contribution in [0.25, 0.3) is 6.20 Å². The van der Waals surface area contributed by atoms with Gasteiger partial charge in [-0.15, -0.1) is 0 Å². The van der Waals surface area contributed by atoms with Crippen LogP contribution in [0.1, 0.15) is 5.69 Å². The predicted molar refractivity (Wildman–Crippen MR) is 30.9 cm³/mol. The molecule has 0 saturated carbocycles. The fraction of sp³-hybridized carbons (Fsp3) is 0.167. The van der Waals surface area contributed by atoms with Gasteiger partial charge in [-0.05, 0) is 0 Å². The SMILES string of the molecule is [CH-]=Cn1[c-]ncc1C.[W+2]. The van der Waals surface area contributed by atoms with Gasteiger partial charge in [0, 0.05) is 6.33 Å². The summed E-state index contributed by atoms with van der Waals surface area (Å²) in [6.07, 6.45) is 5.76. The first kappa shape index (κ1) is 8.64. The van der Waals surface area contributed by atoms with E-state index in [1.165, 1.54) is 6.20 Å². The second-order valence-electron chi connectivity index (χ2n) is 1.52. The molecule has 0 N–H and O–H groups in total. The number of hydrogen-bond acceptors (Lipinski definition) is 1. The Morgan fingerprint density at radius 3 is 2.78 bits per heavy atom. The van der Waals surface area contributed by atoms with Crippen molar-refractivity contribution in [3.05, 3.63) is 24.8 Å². The Bertz CT molecular complexity index is 193. The summed E-state index contributed by atoms with van der Waals surface area (Å²) >= 11 is 0. The Labute approximate surface area is 68.9 Å². The topological polar surface area (TPSA) is 17.8 Å². The van der Waals surface area contributed by atoms with Crippen LogP contribution < -0.4 is 0 Å². The van der Waals surface area contributed by atoms with E-state index in [1.54, 1.807) is 10.8 Å². The number of nitrogens with zero attached hydrogens (tertiary/aromatic N) is 2. The van der Waals surface area contributed by atoms with Crippen molar-refractivity contribution >= 4 is 6.20 Å². The number of aryl methyl sites for hydroxylation is 1. The Kier molecular flexibility index (Phi) is 3.48. The molecule has 0 aliphatic rings. The summed E-state index contributed by atoms with van der Waals surface area (Å²) in [4.78, 5) is 3.72. The maximum atomic E-state index is 5.16. The predicted octanol–water partition coefficient (Wildman–Crippen LogP) is 0.893. The van der Waals surface area contributed by atoms with Gasteiger partial charge in [0.15, 0.2) is 0 Å². The standard InChI is InChI=1S/C6H6N2.W/c1-3-8-5-7-4-6(8)2;/h1,3-4H,2H3;/q-2;+2. The summed E-state index contributed by atoms with van der Waals surface area (Å²) in [6.45, 7) is 7.07. The molecular formula is C6H6N2W. The largest absolute Gasteiger partial charge is 2.00 e. The van der Waals surface area contributed by atoms with Crippen LogP contribution in [0.2, 0.25) is 0 Å². The van der Waals surface area contributed by atoms with Crippen LogP contribution in [0.5, 0.6) is 0 Å². The maximum Gasteiger partial charge on any atom is 2.00 e. The van der Waals surface area contributed by atoms with Gasteiger partial charge in [0.2, 0.25) is 0 Å². The maximum absolute atomic E-state index is 5.16. The van der Waals surface area contributed by atoms with Gasteiger partial charge in [-0.3, -0.25) is 6.20 Å². The number of rotatable bonds is 1. The molecule has 2 nitrogen and oxygen atoms in total. The van der Waals surface area contributed by atoms with E-state index in [-0.39, 0.29) is 21.1 Å². The normalized spacial score (nSPS) is 8.11. The molecule has 1 rings (SSSR count). The zero-order valence-electron chi connectivity index (χ0n) is 5.03. The Balaban J connectivity index is 0.000000640.